The summed E-state index contributed by atoms with van der Waals surface area (Å²) in [6.07, 6.45) is 0. The van der Waals surface area contributed by atoms with Crippen LogP contribution in [0.5, 0.6) is 5.75 Å². The minimum Gasteiger partial charge on any atom is -0.497 e. The van der Waals surface area contributed by atoms with Crippen LogP contribution in [0.25, 0.3) is 0 Å². The number of benzene rings is 2. The Bertz CT molecular complexity index is 1290. The van der Waals surface area contributed by atoms with E-state index in [9.17, 15) is 9.59 Å². The van der Waals surface area contributed by atoms with E-state index in [1.54, 1.807) is 42.3 Å². The standard InChI is InChI=1S/C23H27Cl2N7O3/c1-3-30(20(26)27)9-8-28-21-29-22(33)32(14-16-10-17(24)12-18(25)11-16)23(34)31(21)13-15-4-6-19(35-2)7-5-15/h4-7,10-12H,3,8-9,13-14H2,1-2H3,(H3,26,27)(H,28,29,33). The normalized spacial score (nSPS) is 10.7. The fourth-order valence-electron chi connectivity index (χ4n) is 3.49. The second-order valence-electron chi connectivity index (χ2n) is 7.69. The highest BCUT2D eigenvalue weighted by atomic mass is 35.5. The zero-order valence-electron chi connectivity index (χ0n) is 19.4. The molecule has 4 N–H and O–H groups in total. The van der Waals surface area contributed by atoms with E-state index in [2.05, 4.69) is 10.3 Å². The molecular weight excluding hydrogens is 493 g/mol. The van der Waals surface area contributed by atoms with Gasteiger partial charge in [-0.1, -0.05) is 35.3 Å². The molecule has 12 heteroatoms. The maximum atomic E-state index is 13.5. The van der Waals surface area contributed by atoms with Gasteiger partial charge in [-0.2, -0.15) is 4.98 Å². The van der Waals surface area contributed by atoms with Gasteiger partial charge in [-0.05, 0) is 48.4 Å². The van der Waals surface area contributed by atoms with Gasteiger partial charge in [-0.25, -0.2) is 14.2 Å². The fourth-order valence-corrected chi connectivity index (χ4v) is 4.06. The number of halogens is 2. The summed E-state index contributed by atoms with van der Waals surface area (Å²) in [4.78, 5) is 32.1. The number of nitrogens with two attached hydrogens (primary N) is 1. The molecule has 3 rings (SSSR count). The lowest BCUT2D eigenvalue weighted by atomic mass is 10.2. The topological polar surface area (TPSA) is 131 Å². The van der Waals surface area contributed by atoms with E-state index in [1.165, 1.54) is 4.57 Å². The number of hydrogen-bond donors (Lipinski definition) is 3. The van der Waals surface area contributed by atoms with E-state index < -0.39 is 11.4 Å². The van der Waals surface area contributed by atoms with Crippen LogP contribution in [-0.2, 0) is 13.1 Å². The number of nitrogens with zero attached hydrogens (tertiary/aromatic N) is 4. The highest BCUT2D eigenvalue weighted by molar-refractivity contribution is 6.34. The molecule has 0 radical (unpaired) electrons. The molecule has 0 saturated heterocycles. The Morgan fingerprint density at radius 1 is 1.09 bits per heavy atom. The molecule has 0 spiro atoms. The van der Waals surface area contributed by atoms with E-state index in [4.69, 9.17) is 39.1 Å². The zero-order valence-corrected chi connectivity index (χ0v) is 20.9. The van der Waals surface area contributed by atoms with Crippen LogP contribution in [0.2, 0.25) is 10.0 Å². The quantitative estimate of drug-likeness (QED) is 0.277. The maximum Gasteiger partial charge on any atom is 0.355 e. The summed E-state index contributed by atoms with van der Waals surface area (Å²) in [6.45, 7) is 3.26. The Balaban J connectivity index is 1.98. The molecule has 0 unspecified atom stereocenters. The van der Waals surface area contributed by atoms with Crippen molar-refractivity contribution in [3.05, 3.63) is 84.6 Å². The molecule has 0 bridgehead atoms. The van der Waals surface area contributed by atoms with Crippen LogP contribution < -0.4 is 27.2 Å². The predicted molar refractivity (Wildman–Crippen MR) is 138 cm³/mol. The molecule has 0 aliphatic carbocycles. The average Bonchev–Trinajstić information content (AvgIpc) is 2.81. The number of guanidine groups is 1. The second kappa shape index (κ2) is 11.8. The minimum atomic E-state index is -0.710. The van der Waals surface area contributed by atoms with Crippen LogP contribution in [0.1, 0.15) is 18.1 Å². The molecule has 1 heterocycles. The molecule has 186 valence electrons. The van der Waals surface area contributed by atoms with E-state index in [0.717, 1.165) is 10.1 Å². The highest BCUT2D eigenvalue weighted by Crippen LogP contribution is 2.19. The van der Waals surface area contributed by atoms with Crippen LogP contribution in [0.4, 0.5) is 5.95 Å². The van der Waals surface area contributed by atoms with Crippen molar-refractivity contribution in [2.45, 2.75) is 20.0 Å². The molecule has 0 fully saturated rings. The third-order valence-corrected chi connectivity index (χ3v) is 5.74. The van der Waals surface area contributed by atoms with Crippen LogP contribution in [0.3, 0.4) is 0 Å². The van der Waals surface area contributed by atoms with E-state index in [-0.39, 0.29) is 25.0 Å². The Morgan fingerprint density at radius 3 is 2.29 bits per heavy atom. The van der Waals surface area contributed by atoms with Crippen molar-refractivity contribution < 1.29 is 4.74 Å². The third kappa shape index (κ3) is 6.77. The molecule has 2 aromatic carbocycles. The summed E-state index contributed by atoms with van der Waals surface area (Å²) in [6, 6.07) is 12.1. The van der Waals surface area contributed by atoms with Crippen molar-refractivity contribution in [1.29, 1.82) is 5.41 Å². The van der Waals surface area contributed by atoms with Crippen LogP contribution >= 0.6 is 23.2 Å². The monoisotopic (exact) mass is 519 g/mol. The molecule has 3 aromatic rings. The van der Waals surface area contributed by atoms with Gasteiger partial charge in [0.2, 0.25) is 5.95 Å². The number of likely N-dealkylation sites (N-methyl/N-ethyl adjacent to an activating group) is 1. The molecule has 35 heavy (non-hydrogen) atoms. The van der Waals surface area contributed by atoms with Gasteiger partial charge in [0.25, 0.3) is 0 Å². The van der Waals surface area contributed by atoms with Crippen molar-refractivity contribution in [2.75, 3.05) is 32.1 Å². The molecule has 0 atom stereocenters. The van der Waals surface area contributed by atoms with E-state index in [1.807, 2.05) is 19.1 Å². The largest absolute Gasteiger partial charge is 0.497 e. The summed E-state index contributed by atoms with van der Waals surface area (Å²) >= 11 is 12.2. The molecule has 0 aliphatic rings. The maximum absolute atomic E-state index is 13.5. The third-order valence-electron chi connectivity index (χ3n) is 5.30. The van der Waals surface area contributed by atoms with Crippen molar-refractivity contribution in [3.8, 4) is 5.75 Å². The van der Waals surface area contributed by atoms with Gasteiger partial charge in [-0.3, -0.25) is 9.98 Å². The number of nitrogens with one attached hydrogen (secondary N) is 2. The Morgan fingerprint density at radius 2 is 1.71 bits per heavy atom. The van der Waals surface area contributed by atoms with Crippen molar-refractivity contribution in [1.82, 2.24) is 19.0 Å². The Labute approximate surface area is 212 Å². The predicted octanol–water partition coefficient (Wildman–Crippen LogP) is 2.44. The number of methoxy groups -OCH3 is 1. The second-order valence-corrected chi connectivity index (χ2v) is 8.56. The number of aromatic nitrogens is 3. The summed E-state index contributed by atoms with van der Waals surface area (Å²) < 4.78 is 7.62. The zero-order chi connectivity index (χ0) is 25.5. The first kappa shape index (κ1) is 26.1. The first-order valence-corrected chi connectivity index (χ1v) is 11.6. The Hall–Kier alpha value is -3.50. The van der Waals surface area contributed by atoms with Gasteiger partial charge in [-0.15, -0.1) is 0 Å². The number of anilines is 1. The summed E-state index contributed by atoms with van der Waals surface area (Å²) in [5, 5.41) is 11.5. The molecular formula is C23H27Cl2N7O3. The lowest BCUT2D eigenvalue weighted by Gasteiger charge is -2.21. The highest BCUT2D eigenvalue weighted by Gasteiger charge is 2.15. The lowest BCUT2D eigenvalue weighted by molar-refractivity contribution is 0.414. The van der Waals surface area contributed by atoms with Gasteiger partial charge >= 0.3 is 11.4 Å². The van der Waals surface area contributed by atoms with Gasteiger partial charge in [0.15, 0.2) is 5.96 Å². The van der Waals surface area contributed by atoms with Crippen LogP contribution in [0.15, 0.2) is 52.1 Å². The smallest absolute Gasteiger partial charge is 0.355 e. The van der Waals surface area contributed by atoms with E-state index >= 15 is 0 Å². The number of rotatable bonds is 10. The summed E-state index contributed by atoms with van der Waals surface area (Å²) in [5.41, 5.74) is 5.73. The van der Waals surface area contributed by atoms with Gasteiger partial charge in [0.1, 0.15) is 5.75 Å². The molecule has 0 amide bonds. The van der Waals surface area contributed by atoms with Crippen LogP contribution in [0, 0.1) is 5.41 Å². The van der Waals surface area contributed by atoms with Gasteiger partial charge in [0.05, 0.1) is 20.2 Å². The average molecular weight is 520 g/mol. The molecule has 1 aromatic heterocycles. The first-order chi connectivity index (χ1) is 16.7. The molecule has 0 aliphatic heterocycles. The molecule has 0 saturated carbocycles. The van der Waals surface area contributed by atoms with Gasteiger partial charge < -0.3 is 20.7 Å². The van der Waals surface area contributed by atoms with Crippen molar-refractivity contribution in [2.24, 2.45) is 5.73 Å². The minimum absolute atomic E-state index is 0.0399. The number of ether oxygens (including phenoxy) is 1. The summed E-state index contributed by atoms with van der Waals surface area (Å²) in [5.74, 6) is 0.744. The lowest BCUT2D eigenvalue weighted by Crippen LogP contribution is -2.44. The Kier molecular flexibility index (Phi) is 8.78. The van der Waals surface area contributed by atoms with E-state index in [0.29, 0.717) is 41.0 Å². The molecule has 10 nitrogen and oxygen atoms in total. The van der Waals surface area contributed by atoms with Crippen molar-refractivity contribution >= 4 is 35.1 Å². The first-order valence-electron chi connectivity index (χ1n) is 10.8. The van der Waals surface area contributed by atoms with Gasteiger partial charge in [0, 0.05) is 29.7 Å². The SMILES string of the molecule is CCN(CCNc1nc(=O)n(Cc2cc(Cl)cc(Cl)c2)c(=O)n1Cc1ccc(OC)cc1)C(=N)N. The van der Waals surface area contributed by atoms with Crippen LogP contribution in [-0.4, -0.2) is 51.7 Å². The summed E-state index contributed by atoms with van der Waals surface area (Å²) in [7, 11) is 1.57. The van der Waals surface area contributed by atoms with Crippen molar-refractivity contribution in [3.63, 3.8) is 0 Å². The number of hydrogen-bond acceptors (Lipinski definition) is 6. The fraction of sp³-hybridized carbons (Fsp3) is 0.304.